The average Bonchev–Trinajstić information content (AvgIpc) is 2.86. The molecular formula is C22H18N4O9S. The summed E-state index contributed by atoms with van der Waals surface area (Å²) in [6.45, 7) is -0.247. The molecule has 2 aromatic rings. The smallest absolute Gasteiger partial charge is 0.358 e. The predicted molar refractivity (Wildman–Crippen MR) is 124 cm³/mol. The number of non-ortho nitro benzene ring substituents is 1. The molecule has 4 rings (SSSR count). The molecule has 2 heterocycles. The maximum Gasteiger partial charge on any atom is 0.358 e. The van der Waals surface area contributed by atoms with Crippen molar-refractivity contribution in [2.75, 3.05) is 5.75 Å². The van der Waals surface area contributed by atoms with E-state index in [1.807, 2.05) is 0 Å². The van der Waals surface area contributed by atoms with E-state index in [2.05, 4.69) is 5.32 Å². The number of carbonyl (C=O) groups is 3. The van der Waals surface area contributed by atoms with Gasteiger partial charge in [0.1, 0.15) is 23.8 Å². The van der Waals surface area contributed by atoms with Gasteiger partial charge in [-0.2, -0.15) is 0 Å². The highest BCUT2D eigenvalue weighted by Gasteiger charge is 2.54. The maximum atomic E-state index is 12.8. The predicted octanol–water partition coefficient (Wildman–Crippen LogP) is 1.96. The van der Waals surface area contributed by atoms with Crippen molar-refractivity contribution < 1.29 is 34.1 Å². The number of ether oxygens (including phenoxy) is 1. The van der Waals surface area contributed by atoms with E-state index in [0.717, 1.165) is 16.7 Å². The zero-order valence-corrected chi connectivity index (χ0v) is 19.2. The molecule has 2 aliphatic heterocycles. The van der Waals surface area contributed by atoms with Crippen molar-refractivity contribution in [3.05, 3.63) is 91.3 Å². The first kappa shape index (κ1) is 24.7. The number of benzene rings is 2. The van der Waals surface area contributed by atoms with Crippen molar-refractivity contribution in [2.45, 2.75) is 24.4 Å². The number of hydrogen-bond donors (Lipinski definition) is 2. The van der Waals surface area contributed by atoms with Gasteiger partial charge in [-0.15, -0.1) is 11.8 Å². The van der Waals surface area contributed by atoms with Gasteiger partial charge in [0.05, 0.1) is 22.0 Å². The molecule has 0 radical (unpaired) electrons. The summed E-state index contributed by atoms with van der Waals surface area (Å²) in [7, 11) is 0. The number of aliphatic hydroxyl groups excluding tert-OH is 1. The number of amides is 2. The molecule has 2 aromatic carbocycles. The second-order valence-corrected chi connectivity index (χ2v) is 8.92. The zero-order chi connectivity index (χ0) is 26.0. The molecule has 2 aliphatic rings. The molecule has 14 heteroatoms. The van der Waals surface area contributed by atoms with Crippen LogP contribution >= 0.6 is 11.8 Å². The van der Waals surface area contributed by atoms with Gasteiger partial charge in [-0.3, -0.25) is 34.7 Å². The molecule has 2 atom stereocenters. The minimum absolute atomic E-state index is 0.00700. The van der Waals surface area contributed by atoms with Crippen molar-refractivity contribution in [3.63, 3.8) is 0 Å². The third kappa shape index (κ3) is 4.84. The molecule has 2 N–H and O–H groups in total. The Bertz CT molecular complexity index is 1290. The lowest BCUT2D eigenvalue weighted by Crippen LogP contribution is -2.70. The van der Waals surface area contributed by atoms with Crippen LogP contribution in [-0.2, 0) is 32.1 Å². The van der Waals surface area contributed by atoms with Crippen LogP contribution in [0, 0.1) is 20.2 Å². The van der Waals surface area contributed by atoms with Crippen molar-refractivity contribution in [2.24, 2.45) is 0 Å². The molecule has 0 aromatic heterocycles. The van der Waals surface area contributed by atoms with Crippen LogP contribution in [0.1, 0.15) is 11.1 Å². The van der Waals surface area contributed by atoms with Crippen LogP contribution in [0.3, 0.4) is 0 Å². The summed E-state index contributed by atoms with van der Waals surface area (Å²) in [5, 5.41) is 34.0. The SMILES string of the molecule is O=C(Cc1ccccc1[N+](=O)[O-])NC1C(=O)N2C(C(=O)OCc3ccc([N+](=O)[O-])cc3)=C(O)CS[C@H]12. The number of aliphatic hydroxyl groups is 1. The van der Waals surface area contributed by atoms with Crippen LogP contribution in [0.5, 0.6) is 0 Å². The lowest BCUT2D eigenvalue weighted by atomic mass is 10.0. The minimum Gasteiger partial charge on any atom is -0.509 e. The Morgan fingerprint density at radius 3 is 2.47 bits per heavy atom. The molecule has 1 fully saturated rings. The summed E-state index contributed by atoms with van der Waals surface area (Å²) in [4.78, 5) is 59.7. The van der Waals surface area contributed by atoms with Crippen LogP contribution in [0.2, 0.25) is 0 Å². The maximum absolute atomic E-state index is 12.8. The number of para-hydroxylation sites is 1. The largest absolute Gasteiger partial charge is 0.509 e. The van der Waals surface area contributed by atoms with E-state index < -0.39 is 39.0 Å². The molecule has 186 valence electrons. The number of β-lactam (4-membered cyclic amide) rings is 1. The fourth-order valence-corrected chi connectivity index (χ4v) is 4.96. The van der Waals surface area contributed by atoms with E-state index in [9.17, 15) is 39.7 Å². The number of nitro benzene ring substituents is 2. The van der Waals surface area contributed by atoms with Crippen molar-refractivity contribution in [1.29, 1.82) is 0 Å². The number of fused-ring (bicyclic) bond motifs is 1. The van der Waals surface area contributed by atoms with Gasteiger partial charge in [-0.05, 0) is 17.7 Å². The molecule has 1 unspecified atom stereocenters. The van der Waals surface area contributed by atoms with Gasteiger partial charge < -0.3 is 15.2 Å². The molecule has 0 saturated carbocycles. The summed E-state index contributed by atoms with van der Waals surface area (Å²) in [6.07, 6.45) is -0.316. The number of esters is 1. The zero-order valence-electron chi connectivity index (χ0n) is 18.4. The minimum atomic E-state index is -0.990. The first-order valence-electron chi connectivity index (χ1n) is 10.5. The standard InChI is InChI=1S/C22H18N4O9S/c27-16-11-36-21-18(23-17(28)9-13-3-1-2-4-15(13)26(33)34)20(29)24(21)19(16)22(30)35-10-12-5-7-14(8-6-12)25(31)32/h1-8,18,21,27H,9-11H2,(H,23,28)/t18?,21-/m1/s1. The highest BCUT2D eigenvalue weighted by Crippen LogP contribution is 2.40. The molecule has 0 spiro atoms. The van der Waals surface area contributed by atoms with Gasteiger partial charge in [0.25, 0.3) is 17.3 Å². The second kappa shape index (κ2) is 10.0. The van der Waals surface area contributed by atoms with Crippen LogP contribution in [-0.4, -0.2) is 54.8 Å². The van der Waals surface area contributed by atoms with Crippen LogP contribution in [0.25, 0.3) is 0 Å². The van der Waals surface area contributed by atoms with Gasteiger partial charge >= 0.3 is 5.97 Å². The first-order chi connectivity index (χ1) is 17.2. The molecule has 13 nitrogen and oxygen atoms in total. The van der Waals surface area contributed by atoms with E-state index in [4.69, 9.17) is 4.74 Å². The quantitative estimate of drug-likeness (QED) is 0.229. The highest BCUT2D eigenvalue weighted by molar-refractivity contribution is 8.00. The fraction of sp³-hybridized carbons (Fsp3) is 0.227. The van der Waals surface area contributed by atoms with Gasteiger partial charge in [0, 0.05) is 23.8 Å². The Balaban J connectivity index is 1.39. The Morgan fingerprint density at radius 1 is 1.11 bits per heavy atom. The monoisotopic (exact) mass is 514 g/mol. The van der Waals surface area contributed by atoms with Gasteiger partial charge in [-0.1, -0.05) is 18.2 Å². The third-order valence-corrected chi connectivity index (χ3v) is 6.78. The average molecular weight is 514 g/mol. The molecule has 1 saturated heterocycles. The number of nitro groups is 2. The Kier molecular flexibility index (Phi) is 6.87. The van der Waals surface area contributed by atoms with E-state index in [-0.39, 0.29) is 47.2 Å². The first-order valence-corrected chi connectivity index (χ1v) is 11.5. The Hall–Kier alpha value is -4.46. The number of nitrogens with zero attached hydrogens (tertiary/aromatic N) is 3. The van der Waals surface area contributed by atoms with Crippen molar-refractivity contribution in [3.8, 4) is 0 Å². The number of rotatable bonds is 8. The molecule has 36 heavy (non-hydrogen) atoms. The Morgan fingerprint density at radius 2 is 1.81 bits per heavy atom. The van der Waals surface area contributed by atoms with Crippen LogP contribution < -0.4 is 5.32 Å². The number of nitrogens with one attached hydrogen (secondary N) is 1. The van der Waals surface area contributed by atoms with Gasteiger partial charge in [0.15, 0.2) is 5.70 Å². The van der Waals surface area contributed by atoms with E-state index in [1.165, 1.54) is 42.5 Å². The van der Waals surface area contributed by atoms with Crippen LogP contribution in [0.15, 0.2) is 60.0 Å². The summed E-state index contributed by atoms with van der Waals surface area (Å²) in [5.74, 6) is -2.58. The highest BCUT2D eigenvalue weighted by atomic mass is 32.2. The molecular weight excluding hydrogens is 496 g/mol. The fourth-order valence-electron chi connectivity index (χ4n) is 3.76. The third-order valence-electron chi connectivity index (χ3n) is 5.51. The van der Waals surface area contributed by atoms with Crippen LogP contribution in [0.4, 0.5) is 11.4 Å². The molecule has 0 bridgehead atoms. The number of carbonyl (C=O) groups excluding carboxylic acids is 3. The number of thioether (sulfide) groups is 1. The normalized spacial score (nSPS) is 18.7. The van der Waals surface area contributed by atoms with E-state index >= 15 is 0 Å². The summed E-state index contributed by atoms with van der Waals surface area (Å²) in [6, 6.07) is 10.1. The lowest BCUT2D eigenvalue weighted by molar-refractivity contribution is -0.385. The lowest BCUT2D eigenvalue weighted by Gasteiger charge is -2.48. The van der Waals surface area contributed by atoms with Crippen molar-refractivity contribution in [1.82, 2.24) is 10.2 Å². The topological polar surface area (TPSA) is 182 Å². The van der Waals surface area contributed by atoms with Gasteiger partial charge in [0.2, 0.25) is 5.91 Å². The molecule has 0 aliphatic carbocycles. The summed E-state index contributed by atoms with van der Waals surface area (Å²) >= 11 is 1.13. The van der Waals surface area contributed by atoms with E-state index in [0.29, 0.717) is 5.56 Å². The Labute approximate surface area is 207 Å². The molecule has 2 amide bonds. The summed E-state index contributed by atoms with van der Waals surface area (Å²) < 4.78 is 5.19. The van der Waals surface area contributed by atoms with E-state index in [1.54, 1.807) is 6.07 Å². The van der Waals surface area contributed by atoms with Gasteiger partial charge in [-0.25, -0.2) is 4.79 Å². The van der Waals surface area contributed by atoms with Crippen molar-refractivity contribution >= 4 is 40.9 Å². The second-order valence-electron chi connectivity index (χ2n) is 7.81. The summed E-state index contributed by atoms with van der Waals surface area (Å²) in [5.41, 5.74) is -0.0282. The number of hydrogen-bond acceptors (Lipinski definition) is 10.